The highest BCUT2D eigenvalue weighted by Crippen LogP contribution is 2.29. The van der Waals surface area contributed by atoms with Gasteiger partial charge in [0.2, 0.25) is 0 Å². The number of ether oxygens (including phenoxy) is 2. The molecule has 0 saturated carbocycles. The Morgan fingerprint density at radius 3 is 2.62 bits per heavy atom. The maximum absolute atomic E-state index is 13.5. The predicted molar refractivity (Wildman–Crippen MR) is 118 cm³/mol. The van der Waals surface area contributed by atoms with E-state index in [0.29, 0.717) is 11.4 Å². The Bertz CT molecular complexity index is 1150. The molecule has 0 aliphatic carbocycles. The van der Waals surface area contributed by atoms with Crippen LogP contribution < -0.4 is 19.5 Å². The average Bonchev–Trinajstić information content (AvgIpc) is 2.79. The maximum Gasteiger partial charge on any atom is 0.347 e. The van der Waals surface area contributed by atoms with Crippen LogP contribution in [0.5, 0.6) is 5.75 Å². The van der Waals surface area contributed by atoms with E-state index in [4.69, 9.17) is 14.9 Å². The normalized spacial score (nSPS) is 12.6. The molecule has 0 fully saturated rings. The lowest BCUT2D eigenvalue weighted by Gasteiger charge is -2.18. The number of nitrogens with one attached hydrogen (secondary N) is 2. The largest absolute Gasteiger partial charge is 0.482 e. The fourth-order valence-electron chi connectivity index (χ4n) is 3.00. The molecule has 1 aromatic heterocycles. The number of fused-ring (bicyclic) bond motifs is 1. The van der Waals surface area contributed by atoms with E-state index in [1.807, 2.05) is 24.9 Å². The highest BCUT2D eigenvalue weighted by atomic mass is 16.5. The van der Waals surface area contributed by atoms with Crippen molar-refractivity contribution < 1.29 is 28.4 Å². The molecular weight excluding hydrogens is 412 g/mol. The lowest BCUT2D eigenvalue weighted by molar-refractivity contribution is -0.576. The second-order valence-corrected chi connectivity index (χ2v) is 7.02. The zero-order valence-electron chi connectivity index (χ0n) is 18.0. The van der Waals surface area contributed by atoms with Gasteiger partial charge < -0.3 is 19.7 Å². The zero-order valence-corrected chi connectivity index (χ0v) is 18.0. The highest BCUT2D eigenvalue weighted by Gasteiger charge is 2.26. The van der Waals surface area contributed by atoms with Gasteiger partial charge in [-0.05, 0) is 31.0 Å². The molecule has 164 valence electrons. The molecule has 0 spiro atoms. The zero-order chi connectivity index (χ0) is 23.3. The molecule has 2 heterocycles. The fraction of sp³-hybridized carbons (Fsp3) is 0.217. The number of esters is 1. The molecule has 0 radical (unpaired) electrons. The van der Waals surface area contributed by atoms with E-state index < -0.39 is 11.8 Å². The minimum absolute atomic E-state index is 0.0907. The number of carbonyl (C=O) groups excluding carboxylic acids is 3. The van der Waals surface area contributed by atoms with Crippen LogP contribution in [0.15, 0.2) is 54.4 Å². The van der Waals surface area contributed by atoms with Crippen LogP contribution in [0.3, 0.4) is 0 Å². The van der Waals surface area contributed by atoms with Gasteiger partial charge in [-0.25, -0.2) is 4.79 Å². The molecular formula is C23H23N4O5+. The Labute approximate surface area is 185 Å². The second kappa shape index (κ2) is 9.72. The van der Waals surface area contributed by atoms with Crippen molar-refractivity contribution >= 4 is 40.6 Å². The molecule has 1 aliphatic heterocycles. The first-order chi connectivity index (χ1) is 15.3. The summed E-state index contributed by atoms with van der Waals surface area (Å²) in [5.74, 6) is 0.989. The van der Waals surface area contributed by atoms with Crippen molar-refractivity contribution in [2.24, 2.45) is 0 Å². The highest BCUT2D eigenvalue weighted by molar-refractivity contribution is 6.23. The molecule has 9 heteroatoms. The molecule has 9 nitrogen and oxygen atoms in total. The Balaban J connectivity index is 2.07. The van der Waals surface area contributed by atoms with Gasteiger partial charge in [-0.2, -0.15) is 4.57 Å². The van der Waals surface area contributed by atoms with Gasteiger partial charge in [0, 0.05) is 43.6 Å². The van der Waals surface area contributed by atoms with Crippen molar-refractivity contribution in [1.82, 2.24) is 0 Å². The van der Waals surface area contributed by atoms with Gasteiger partial charge in [0.05, 0.1) is 12.3 Å². The minimum atomic E-state index is -0.760. The molecule has 0 saturated heterocycles. The van der Waals surface area contributed by atoms with Crippen LogP contribution in [-0.4, -0.2) is 50.8 Å². The van der Waals surface area contributed by atoms with Gasteiger partial charge in [0.15, 0.2) is 19.0 Å². The number of rotatable bonds is 7. The average molecular weight is 435 g/mol. The molecule has 2 aromatic rings. The van der Waals surface area contributed by atoms with Gasteiger partial charge in [-0.15, -0.1) is 0 Å². The Morgan fingerprint density at radius 1 is 1.28 bits per heavy atom. The number of ketones is 1. The van der Waals surface area contributed by atoms with E-state index in [1.165, 1.54) is 12.1 Å². The van der Waals surface area contributed by atoms with Gasteiger partial charge in [0.1, 0.15) is 11.3 Å². The van der Waals surface area contributed by atoms with Crippen LogP contribution in [-0.2, 0) is 14.3 Å². The number of aromatic nitrogens is 1. The van der Waals surface area contributed by atoms with Gasteiger partial charge >= 0.3 is 5.97 Å². The molecule has 2 N–H and O–H groups in total. The topological polar surface area (TPSA) is 113 Å². The van der Waals surface area contributed by atoms with E-state index in [0.717, 1.165) is 5.69 Å². The molecule has 0 atom stereocenters. The third-order valence-corrected chi connectivity index (χ3v) is 4.62. The van der Waals surface area contributed by atoms with E-state index in [1.54, 1.807) is 48.1 Å². The van der Waals surface area contributed by atoms with Crippen LogP contribution in [0.1, 0.15) is 17.3 Å². The third kappa shape index (κ3) is 4.91. The van der Waals surface area contributed by atoms with Crippen LogP contribution in [0.2, 0.25) is 0 Å². The van der Waals surface area contributed by atoms with Crippen LogP contribution in [0, 0.1) is 5.41 Å². The van der Waals surface area contributed by atoms with Crippen molar-refractivity contribution in [2.75, 3.05) is 37.5 Å². The summed E-state index contributed by atoms with van der Waals surface area (Å²) in [5, 5.41) is 10.2. The van der Waals surface area contributed by atoms with Gasteiger partial charge in [0.25, 0.3) is 17.4 Å². The quantitative estimate of drug-likeness (QED) is 0.171. The van der Waals surface area contributed by atoms with Crippen molar-refractivity contribution in [3.63, 3.8) is 0 Å². The lowest BCUT2D eigenvalue weighted by Crippen LogP contribution is -2.36. The minimum Gasteiger partial charge on any atom is -0.482 e. The number of anilines is 2. The number of hydrogen-bond donors (Lipinski definition) is 2. The molecule has 1 aromatic carbocycles. The van der Waals surface area contributed by atoms with Crippen LogP contribution in [0.4, 0.5) is 11.4 Å². The Hall–Kier alpha value is -4.23. The summed E-state index contributed by atoms with van der Waals surface area (Å²) in [4.78, 5) is 39.2. The number of benzene rings is 1. The number of carbonyl (C=O) groups is 3. The summed E-state index contributed by atoms with van der Waals surface area (Å²) in [6, 6.07) is 8.29. The molecule has 1 aliphatic rings. The van der Waals surface area contributed by atoms with Crippen molar-refractivity contribution in [3.05, 3.63) is 59.9 Å². The summed E-state index contributed by atoms with van der Waals surface area (Å²) in [5.41, 5.74) is 1.45. The number of hydrogen-bond acceptors (Lipinski definition) is 7. The van der Waals surface area contributed by atoms with Gasteiger partial charge in [-0.3, -0.25) is 15.0 Å². The standard InChI is InChI=1S/C23H22N4O5/c1-4-31-23(30)16(13-24)12-19(27-9-7-17(8-10-27)26(2)3)22(29)15-5-6-20-18(11-15)25-21(28)14-32-20/h5-12,24H,4,14H2,1-3H3/p+1. The molecule has 3 rings (SSSR count). The molecule has 1 amide bonds. The number of nitrogens with zero attached hydrogens (tertiary/aromatic N) is 2. The monoisotopic (exact) mass is 435 g/mol. The second-order valence-electron chi connectivity index (χ2n) is 7.02. The van der Waals surface area contributed by atoms with E-state index in [-0.39, 0.29) is 36.0 Å². The first-order valence-electron chi connectivity index (χ1n) is 9.83. The molecule has 0 unspecified atom stereocenters. The number of allylic oxidation sites excluding steroid dienone is 1. The maximum atomic E-state index is 13.5. The first-order valence-corrected chi connectivity index (χ1v) is 9.83. The van der Waals surface area contributed by atoms with E-state index >= 15 is 0 Å². The van der Waals surface area contributed by atoms with Crippen molar-refractivity contribution in [3.8, 4) is 5.75 Å². The molecule has 0 bridgehead atoms. The third-order valence-electron chi connectivity index (χ3n) is 4.62. The lowest BCUT2D eigenvalue weighted by atomic mass is 10.0. The summed E-state index contributed by atoms with van der Waals surface area (Å²) in [7, 11) is 3.78. The van der Waals surface area contributed by atoms with E-state index in [9.17, 15) is 14.4 Å². The predicted octanol–water partition coefficient (Wildman–Crippen LogP) is 1.83. The van der Waals surface area contributed by atoms with E-state index in [2.05, 4.69) is 5.32 Å². The fourth-order valence-corrected chi connectivity index (χ4v) is 3.00. The Kier molecular flexibility index (Phi) is 6.82. The Morgan fingerprint density at radius 2 is 2.00 bits per heavy atom. The number of Topliss-reactive ketones (excluding diaryl/α,β-unsaturated/α-hetero) is 1. The van der Waals surface area contributed by atoms with Crippen LogP contribution in [0.25, 0.3) is 5.70 Å². The SMILES string of the molecule is CCOC(=O)C(=C=N)C=C(C(=O)c1ccc2c(c1)NC(=O)CO2)[n+]1ccc(N(C)C)cc1. The summed E-state index contributed by atoms with van der Waals surface area (Å²) < 4.78 is 11.8. The first kappa shape index (κ1) is 22.5. The summed E-state index contributed by atoms with van der Waals surface area (Å²) >= 11 is 0. The van der Waals surface area contributed by atoms with Crippen molar-refractivity contribution in [2.45, 2.75) is 6.92 Å². The van der Waals surface area contributed by atoms with Crippen molar-refractivity contribution in [1.29, 1.82) is 5.41 Å². The summed E-state index contributed by atoms with van der Waals surface area (Å²) in [6.45, 7) is 1.68. The van der Waals surface area contributed by atoms with Crippen LogP contribution >= 0.6 is 0 Å². The smallest absolute Gasteiger partial charge is 0.347 e. The van der Waals surface area contributed by atoms with Gasteiger partial charge in [-0.1, -0.05) is 0 Å². The summed E-state index contributed by atoms with van der Waals surface area (Å²) in [6.07, 6.45) is 4.61. The number of amides is 1. The number of pyridine rings is 1. The molecule has 32 heavy (non-hydrogen) atoms.